The van der Waals surface area contributed by atoms with Gasteiger partial charge < -0.3 is 10.1 Å². The Balaban J connectivity index is 2.05. The van der Waals surface area contributed by atoms with Crippen LogP contribution in [0, 0.1) is 19.7 Å². The average Bonchev–Trinajstić information content (AvgIpc) is 2.46. The van der Waals surface area contributed by atoms with E-state index in [2.05, 4.69) is 5.32 Å². The van der Waals surface area contributed by atoms with E-state index in [9.17, 15) is 9.18 Å². The zero-order valence-electron chi connectivity index (χ0n) is 12.6. The molecule has 22 heavy (non-hydrogen) atoms. The first-order valence-corrected chi connectivity index (χ1v) is 7.24. The highest BCUT2D eigenvalue weighted by molar-refractivity contribution is 6.31. The molecule has 0 saturated heterocycles. The van der Waals surface area contributed by atoms with Crippen LogP contribution in [0.5, 0.6) is 5.75 Å². The summed E-state index contributed by atoms with van der Waals surface area (Å²) < 4.78 is 18.8. The van der Waals surface area contributed by atoms with E-state index in [4.69, 9.17) is 16.3 Å². The summed E-state index contributed by atoms with van der Waals surface area (Å²) in [5.41, 5.74) is 2.43. The van der Waals surface area contributed by atoms with Crippen LogP contribution in [0.25, 0.3) is 0 Å². The fraction of sp³-hybridized carbons (Fsp3) is 0.235. The largest absolute Gasteiger partial charge is 0.481 e. The summed E-state index contributed by atoms with van der Waals surface area (Å²) >= 11 is 5.69. The lowest BCUT2D eigenvalue weighted by atomic mass is 10.1. The van der Waals surface area contributed by atoms with Crippen LogP contribution >= 0.6 is 11.6 Å². The van der Waals surface area contributed by atoms with Crippen LogP contribution in [0.3, 0.4) is 0 Å². The van der Waals surface area contributed by atoms with Gasteiger partial charge in [-0.3, -0.25) is 4.79 Å². The van der Waals surface area contributed by atoms with Crippen LogP contribution in [0.1, 0.15) is 18.1 Å². The second-order valence-electron chi connectivity index (χ2n) is 5.15. The topological polar surface area (TPSA) is 38.3 Å². The molecule has 0 aliphatic rings. The molecule has 2 rings (SSSR count). The number of carbonyl (C=O) groups is 1. The number of nitrogens with one attached hydrogen (secondary N) is 1. The van der Waals surface area contributed by atoms with Crippen molar-refractivity contribution >= 4 is 23.2 Å². The van der Waals surface area contributed by atoms with E-state index in [0.29, 0.717) is 11.4 Å². The summed E-state index contributed by atoms with van der Waals surface area (Å²) in [4.78, 5) is 12.1. The van der Waals surface area contributed by atoms with E-state index < -0.39 is 11.9 Å². The smallest absolute Gasteiger partial charge is 0.265 e. The highest BCUT2D eigenvalue weighted by Crippen LogP contribution is 2.22. The van der Waals surface area contributed by atoms with Crippen molar-refractivity contribution in [3.05, 3.63) is 58.4 Å². The van der Waals surface area contributed by atoms with E-state index in [0.717, 1.165) is 11.1 Å². The molecule has 2 aromatic carbocycles. The SMILES string of the molecule is Cc1ccc(C)c(O[C@@H](C)C(=O)Nc2ccc(F)c(Cl)c2)c1. The highest BCUT2D eigenvalue weighted by atomic mass is 35.5. The Kier molecular flexibility index (Phi) is 5.03. The zero-order valence-corrected chi connectivity index (χ0v) is 13.4. The van der Waals surface area contributed by atoms with Crippen molar-refractivity contribution in [3.63, 3.8) is 0 Å². The molecule has 3 nitrogen and oxygen atoms in total. The standard InChI is InChI=1S/C17H17ClFNO2/c1-10-4-5-11(2)16(8-10)22-12(3)17(21)20-13-6-7-15(19)14(18)9-13/h4-9,12H,1-3H3,(H,20,21)/t12-/m0/s1. The van der Waals surface area contributed by atoms with E-state index in [-0.39, 0.29) is 10.9 Å². The first kappa shape index (κ1) is 16.3. The van der Waals surface area contributed by atoms with Crippen LogP contribution in [0.15, 0.2) is 36.4 Å². The summed E-state index contributed by atoms with van der Waals surface area (Å²) in [5, 5.41) is 2.61. The van der Waals surface area contributed by atoms with Gasteiger partial charge in [-0.05, 0) is 56.2 Å². The lowest BCUT2D eigenvalue weighted by Crippen LogP contribution is -2.30. The first-order chi connectivity index (χ1) is 10.4. The molecular weight excluding hydrogens is 305 g/mol. The molecule has 1 atom stereocenters. The second kappa shape index (κ2) is 6.79. The Morgan fingerprint density at radius 3 is 2.64 bits per heavy atom. The number of halogens is 2. The molecular formula is C17H17ClFNO2. The van der Waals surface area contributed by atoms with Crippen molar-refractivity contribution in [2.45, 2.75) is 26.9 Å². The van der Waals surface area contributed by atoms with Crippen molar-refractivity contribution in [1.82, 2.24) is 0 Å². The molecule has 0 aliphatic heterocycles. The van der Waals surface area contributed by atoms with E-state index in [1.807, 2.05) is 32.0 Å². The molecule has 0 aromatic heterocycles. The lowest BCUT2D eigenvalue weighted by molar-refractivity contribution is -0.122. The van der Waals surface area contributed by atoms with Crippen molar-refractivity contribution < 1.29 is 13.9 Å². The molecule has 1 N–H and O–H groups in total. The lowest BCUT2D eigenvalue weighted by Gasteiger charge is -2.17. The normalized spacial score (nSPS) is 11.9. The number of ether oxygens (including phenoxy) is 1. The monoisotopic (exact) mass is 321 g/mol. The zero-order chi connectivity index (χ0) is 16.3. The summed E-state index contributed by atoms with van der Waals surface area (Å²) in [6, 6.07) is 9.81. The first-order valence-electron chi connectivity index (χ1n) is 6.86. The second-order valence-corrected chi connectivity index (χ2v) is 5.55. The molecule has 0 radical (unpaired) electrons. The van der Waals surface area contributed by atoms with Gasteiger partial charge in [0.1, 0.15) is 11.6 Å². The Bertz CT molecular complexity index is 703. The molecule has 0 aliphatic carbocycles. The van der Waals surface area contributed by atoms with Crippen molar-refractivity contribution in [2.24, 2.45) is 0 Å². The number of hydrogen-bond donors (Lipinski definition) is 1. The third-order valence-corrected chi connectivity index (χ3v) is 3.49. The Morgan fingerprint density at radius 1 is 1.23 bits per heavy atom. The van der Waals surface area contributed by atoms with Crippen LogP contribution in [0.4, 0.5) is 10.1 Å². The number of hydrogen-bond acceptors (Lipinski definition) is 2. The van der Waals surface area contributed by atoms with Gasteiger partial charge in [0.05, 0.1) is 5.02 Å². The predicted molar refractivity (Wildman–Crippen MR) is 86.0 cm³/mol. The van der Waals surface area contributed by atoms with Crippen molar-refractivity contribution in [1.29, 1.82) is 0 Å². The third kappa shape index (κ3) is 3.98. The maximum Gasteiger partial charge on any atom is 0.265 e. The molecule has 0 unspecified atom stereocenters. The number of rotatable bonds is 4. The van der Waals surface area contributed by atoms with Crippen molar-refractivity contribution in [2.75, 3.05) is 5.32 Å². The number of amides is 1. The maximum atomic E-state index is 13.1. The summed E-state index contributed by atoms with van der Waals surface area (Å²) in [7, 11) is 0. The quantitative estimate of drug-likeness (QED) is 0.900. The molecule has 0 spiro atoms. The molecule has 0 saturated carbocycles. The molecule has 2 aromatic rings. The van der Waals surface area contributed by atoms with Gasteiger partial charge >= 0.3 is 0 Å². The van der Waals surface area contributed by atoms with Gasteiger partial charge in [-0.1, -0.05) is 23.7 Å². The van der Waals surface area contributed by atoms with Gasteiger partial charge in [-0.25, -0.2) is 4.39 Å². The molecule has 0 bridgehead atoms. The fourth-order valence-electron chi connectivity index (χ4n) is 1.90. The van der Waals surface area contributed by atoms with Gasteiger partial charge in [0, 0.05) is 5.69 Å². The average molecular weight is 322 g/mol. The van der Waals surface area contributed by atoms with Gasteiger partial charge in [0.15, 0.2) is 6.10 Å². The number of anilines is 1. The maximum absolute atomic E-state index is 13.1. The van der Waals surface area contributed by atoms with Gasteiger partial charge in [-0.2, -0.15) is 0 Å². The highest BCUT2D eigenvalue weighted by Gasteiger charge is 2.16. The van der Waals surface area contributed by atoms with Crippen LogP contribution in [0.2, 0.25) is 5.02 Å². The van der Waals surface area contributed by atoms with E-state index >= 15 is 0 Å². The van der Waals surface area contributed by atoms with Crippen LogP contribution < -0.4 is 10.1 Å². The minimum atomic E-state index is -0.690. The van der Waals surface area contributed by atoms with Gasteiger partial charge in [0.25, 0.3) is 5.91 Å². The number of benzene rings is 2. The number of carbonyl (C=O) groups excluding carboxylic acids is 1. The fourth-order valence-corrected chi connectivity index (χ4v) is 2.08. The van der Waals surface area contributed by atoms with Crippen LogP contribution in [-0.2, 0) is 4.79 Å². The molecule has 116 valence electrons. The van der Waals surface area contributed by atoms with Gasteiger partial charge in [-0.15, -0.1) is 0 Å². The Hall–Kier alpha value is -2.07. The summed E-state index contributed by atoms with van der Waals surface area (Å²) in [6.07, 6.45) is -0.690. The van der Waals surface area contributed by atoms with Crippen molar-refractivity contribution in [3.8, 4) is 5.75 Å². The number of aryl methyl sites for hydroxylation is 2. The predicted octanol–water partition coefficient (Wildman–Crippen LogP) is 4.50. The molecule has 0 heterocycles. The molecule has 1 amide bonds. The van der Waals surface area contributed by atoms with Crippen LogP contribution in [-0.4, -0.2) is 12.0 Å². The minimum absolute atomic E-state index is 0.0408. The summed E-state index contributed by atoms with van der Waals surface area (Å²) in [5.74, 6) is -0.192. The Morgan fingerprint density at radius 2 is 1.95 bits per heavy atom. The molecule has 0 fully saturated rings. The van der Waals surface area contributed by atoms with Gasteiger partial charge in [0.2, 0.25) is 0 Å². The van der Waals surface area contributed by atoms with E-state index in [1.165, 1.54) is 18.2 Å². The minimum Gasteiger partial charge on any atom is -0.481 e. The third-order valence-electron chi connectivity index (χ3n) is 3.20. The Labute approximate surface area is 134 Å². The van der Waals surface area contributed by atoms with E-state index in [1.54, 1.807) is 6.92 Å². The summed E-state index contributed by atoms with van der Waals surface area (Å²) in [6.45, 7) is 5.53. The molecule has 5 heteroatoms.